The maximum atomic E-state index is 12.7. The summed E-state index contributed by atoms with van der Waals surface area (Å²) in [6.45, 7) is 9.23. The number of amides is 1. The average molecular weight is 275 g/mol. The Bertz CT molecular complexity index is 453. The lowest BCUT2D eigenvalue weighted by atomic mass is 10.0. The molecular formula is C16H25N3O. The molecule has 0 saturated carbocycles. The first-order valence-corrected chi connectivity index (χ1v) is 7.41. The van der Waals surface area contributed by atoms with Crippen molar-refractivity contribution in [3.8, 4) is 0 Å². The van der Waals surface area contributed by atoms with Crippen LogP contribution in [0.3, 0.4) is 0 Å². The second-order valence-electron chi connectivity index (χ2n) is 5.54. The molecule has 4 heteroatoms. The van der Waals surface area contributed by atoms with Gasteiger partial charge in [-0.1, -0.05) is 18.2 Å². The number of rotatable bonds is 3. The third kappa shape index (κ3) is 3.38. The maximum absolute atomic E-state index is 12.7. The quantitative estimate of drug-likeness (QED) is 0.907. The maximum Gasteiger partial charge on any atom is 0.254 e. The zero-order valence-corrected chi connectivity index (χ0v) is 12.6. The number of nitrogens with zero attached hydrogens (tertiary/aromatic N) is 2. The zero-order chi connectivity index (χ0) is 14.5. The molecule has 2 rings (SSSR count). The molecule has 2 N–H and O–H groups in total. The average Bonchev–Trinajstić information content (AvgIpc) is 2.64. The number of hydrogen-bond acceptors (Lipinski definition) is 3. The van der Waals surface area contributed by atoms with Gasteiger partial charge in [0.1, 0.15) is 0 Å². The number of aryl methyl sites for hydroxylation is 2. The van der Waals surface area contributed by atoms with Crippen molar-refractivity contribution in [3.05, 3.63) is 34.9 Å². The number of carbonyl (C=O) groups is 1. The van der Waals surface area contributed by atoms with E-state index in [2.05, 4.69) is 4.90 Å². The second kappa shape index (κ2) is 6.86. The van der Waals surface area contributed by atoms with E-state index in [9.17, 15) is 4.79 Å². The predicted molar refractivity (Wildman–Crippen MR) is 81.9 cm³/mol. The minimum atomic E-state index is 0.176. The highest BCUT2D eigenvalue weighted by molar-refractivity contribution is 5.97. The van der Waals surface area contributed by atoms with Gasteiger partial charge in [0.25, 0.3) is 5.91 Å². The minimum Gasteiger partial charge on any atom is -0.337 e. The summed E-state index contributed by atoms with van der Waals surface area (Å²) in [4.78, 5) is 17.1. The molecule has 1 aromatic rings. The van der Waals surface area contributed by atoms with Crippen LogP contribution in [0.25, 0.3) is 0 Å². The summed E-state index contributed by atoms with van der Waals surface area (Å²) in [6.07, 6.45) is 1.02. The van der Waals surface area contributed by atoms with Crippen LogP contribution in [0.4, 0.5) is 0 Å². The molecule has 1 aromatic carbocycles. The van der Waals surface area contributed by atoms with Gasteiger partial charge in [0, 0.05) is 38.3 Å². The van der Waals surface area contributed by atoms with Crippen LogP contribution in [0.1, 0.15) is 27.9 Å². The van der Waals surface area contributed by atoms with E-state index < -0.39 is 0 Å². The lowest BCUT2D eigenvalue weighted by Gasteiger charge is -2.23. The normalized spacial score (nSPS) is 17.1. The van der Waals surface area contributed by atoms with Gasteiger partial charge < -0.3 is 15.5 Å². The molecule has 4 nitrogen and oxygen atoms in total. The van der Waals surface area contributed by atoms with Crippen molar-refractivity contribution in [3.63, 3.8) is 0 Å². The molecular weight excluding hydrogens is 250 g/mol. The summed E-state index contributed by atoms with van der Waals surface area (Å²) in [6, 6.07) is 6.03. The summed E-state index contributed by atoms with van der Waals surface area (Å²) >= 11 is 0. The van der Waals surface area contributed by atoms with E-state index in [1.807, 2.05) is 36.9 Å². The molecule has 1 fully saturated rings. The first-order valence-electron chi connectivity index (χ1n) is 7.41. The molecule has 1 aliphatic rings. The van der Waals surface area contributed by atoms with Gasteiger partial charge in [-0.3, -0.25) is 4.79 Å². The second-order valence-corrected chi connectivity index (χ2v) is 5.54. The first-order chi connectivity index (χ1) is 9.63. The molecule has 1 heterocycles. The molecule has 20 heavy (non-hydrogen) atoms. The van der Waals surface area contributed by atoms with Crippen LogP contribution in [-0.4, -0.2) is 55.0 Å². The van der Waals surface area contributed by atoms with Gasteiger partial charge in [-0.05, 0) is 37.9 Å². The van der Waals surface area contributed by atoms with Crippen molar-refractivity contribution in [1.82, 2.24) is 9.80 Å². The summed E-state index contributed by atoms with van der Waals surface area (Å²) < 4.78 is 0. The third-order valence-electron chi connectivity index (χ3n) is 4.02. The van der Waals surface area contributed by atoms with E-state index in [4.69, 9.17) is 5.73 Å². The Morgan fingerprint density at radius 2 is 1.85 bits per heavy atom. The van der Waals surface area contributed by atoms with E-state index >= 15 is 0 Å². The summed E-state index contributed by atoms with van der Waals surface area (Å²) in [7, 11) is 0. The van der Waals surface area contributed by atoms with Gasteiger partial charge in [-0.25, -0.2) is 0 Å². The number of hydrogen-bond donors (Lipinski definition) is 1. The Hall–Kier alpha value is -1.39. The molecule has 1 aliphatic heterocycles. The van der Waals surface area contributed by atoms with E-state index in [0.717, 1.165) is 55.8 Å². The van der Waals surface area contributed by atoms with Crippen LogP contribution < -0.4 is 5.73 Å². The molecule has 0 aromatic heterocycles. The van der Waals surface area contributed by atoms with Gasteiger partial charge >= 0.3 is 0 Å². The molecule has 0 spiro atoms. The Morgan fingerprint density at radius 1 is 1.15 bits per heavy atom. The zero-order valence-electron chi connectivity index (χ0n) is 12.6. The van der Waals surface area contributed by atoms with E-state index in [1.165, 1.54) is 0 Å². The smallest absolute Gasteiger partial charge is 0.254 e. The van der Waals surface area contributed by atoms with Crippen molar-refractivity contribution in [1.29, 1.82) is 0 Å². The van der Waals surface area contributed by atoms with Crippen LogP contribution in [-0.2, 0) is 0 Å². The number of benzene rings is 1. The van der Waals surface area contributed by atoms with Gasteiger partial charge in [0.05, 0.1) is 0 Å². The van der Waals surface area contributed by atoms with E-state index in [-0.39, 0.29) is 5.91 Å². The fourth-order valence-corrected chi connectivity index (χ4v) is 2.89. The minimum absolute atomic E-state index is 0.176. The van der Waals surface area contributed by atoms with Crippen molar-refractivity contribution in [2.24, 2.45) is 5.73 Å². The Labute approximate surface area is 121 Å². The number of nitrogens with two attached hydrogens (primary N) is 1. The van der Waals surface area contributed by atoms with Crippen molar-refractivity contribution in [2.45, 2.75) is 20.3 Å². The Kier molecular flexibility index (Phi) is 5.15. The van der Waals surface area contributed by atoms with Crippen LogP contribution in [0.5, 0.6) is 0 Å². The SMILES string of the molecule is Cc1cccc(C)c1C(=O)N1CCCN(CCN)CC1. The lowest BCUT2D eigenvalue weighted by Crippen LogP contribution is -2.37. The summed E-state index contributed by atoms with van der Waals surface area (Å²) in [5, 5.41) is 0. The van der Waals surface area contributed by atoms with Crippen molar-refractivity contribution in [2.75, 3.05) is 39.3 Å². The van der Waals surface area contributed by atoms with Gasteiger partial charge in [-0.15, -0.1) is 0 Å². The summed E-state index contributed by atoms with van der Waals surface area (Å²) in [5.74, 6) is 0.176. The third-order valence-corrected chi connectivity index (χ3v) is 4.02. The predicted octanol–water partition coefficient (Wildman–Crippen LogP) is 1.41. The highest BCUT2D eigenvalue weighted by Gasteiger charge is 2.22. The Balaban J connectivity index is 2.10. The number of carbonyl (C=O) groups excluding carboxylic acids is 1. The van der Waals surface area contributed by atoms with E-state index in [1.54, 1.807) is 0 Å². The molecule has 1 saturated heterocycles. The van der Waals surface area contributed by atoms with Gasteiger partial charge in [0.15, 0.2) is 0 Å². The standard InChI is InChI=1S/C16H25N3O/c1-13-5-3-6-14(2)15(13)16(20)19-9-4-8-18(10-7-17)11-12-19/h3,5-6H,4,7-12,17H2,1-2H3. The topological polar surface area (TPSA) is 49.6 Å². The highest BCUT2D eigenvalue weighted by Crippen LogP contribution is 2.17. The molecule has 1 amide bonds. The molecule has 110 valence electrons. The van der Waals surface area contributed by atoms with Crippen LogP contribution in [0, 0.1) is 13.8 Å². The van der Waals surface area contributed by atoms with Crippen molar-refractivity contribution < 1.29 is 4.79 Å². The van der Waals surface area contributed by atoms with Crippen LogP contribution in [0.15, 0.2) is 18.2 Å². The first kappa shape index (κ1) is 15.0. The molecule has 0 bridgehead atoms. The highest BCUT2D eigenvalue weighted by atomic mass is 16.2. The van der Waals surface area contributed by atoms with Crippen molar-refractivity contribution >= 4 is 5.91 Å². The fraction of sp³-hybridized carbons (Fsp3) is 0.562. The molecule has 0 radical (unpaired) electrons. The van der Waals surface area contributed by atoms with Crippen LogP contribution >= 0.6 is 0 Å². The lowest BCUT2D eigenvalue weighted by molar-refractivity contribution is 0.0760. The van der Waals surface area contributed by atoms with Crippen LogP contribution in [0.2, 0.25) is 0 Å². The largest absolute Gasteiger partial charge is 0.337 e. The monoisotopic (exact) mass is 275 g/mol. The van der Waals surface area contributed by atoms with Gasteiger partial charge in [-0.2, -0.15) is 0 Å². The molecule has 0 unspecified atom stereocenters. The summed E-state index contributed by atoms with van der Waals surface area (Å²) in [5.41, 5.74) is 8.62. The van der Waals surface area contributed by atoms with E-state index in [0.29, 0.717) is 6.54 Å². The molecule has 0 aliphatic carbocycles. The van der Waals surface area contributed by atoms with Gasteiger partial charge in [0.2, 0.25) is 0 Å². The fourth-order valence-electron chi connectivity index (χ4n) is 2.89. The Morgan fingerprint density at radius 3 is 2.50 bits per heavy atom. The molecule has 0 atom stereocenters.